The number of aromatic nitrogens is 1. The fourth-order valence-electron chi connectivity index (χ4n) is 2.39. The lowest BCUT2D eigenvalue weighted by molar-refractivity contribution is -0.136. The molecule has 1 fully saturated rings. The molecule has 19 heavy (non-hydrogen) atoms. The maximum Gasteiger partial charge on any atom is 0.242 e. The highest BCUT2D eigenvalue weighted by atomic mass is 16.2. The van der Waals surface area contributed by atoms with E-state index in [0.717, 1.165) is 18.5 Å². The first-order chi connectivity index (χ1) is 9.18. The topological polar surface area (TPSA) is 62.3 Å². The van der Waals surface area contributed by atoms with E-state index in [-0.39, 0.29) is 17.9 Å². The van der Waals surface area contributed by atoms with Crippen molar-refractivity contribution in [1.82, 2.24) is 15.2 Å². The first-order valence-corrected chi connectivity index (χ1v) is 6.63. The van der Waals surface area contributed by atoms with Crippen LogP contribution in [0.5, 0.6) is 0 Å². The molecule has 2 amide bonds. The molecular formula is C14H19N3O2. The summed E-state index contributed by atoms with van der Waals surface area (Å²) in [4.78, 5) is 29.3. The maximum atomic E-state index is 12.0. The molecule has 1 aliphatic rings. The minimum Gasteiger partial charge on any atom is -0.354 e. The summed E-state index contributed by atoms with van der Waals surface area (Å²) in [7, 11) is 0. The Kier molecular flexibility index (Phi) is 4.49. The van der Waals surface area contributed by atoms with Crippen molar-refractivity contribution in [2.45, 2.75) is 32.2 Å². The second-order valence-electron chi connectivity index (χ2n) is 4.73. The Morgan fingerprint density at radius 3 is 3.00 bits per heavy atom. The number of carbonyl (C=O) groups excluding carboxylic acids is 2. The van der Waals surface area contributed by atoms with E-state index in [1.807, 2.05) is 18.2 Å². The van der Waals surface area contributed by atoms with Gasteiger partial charge in [-0.05, 0) is 25.0 Å². The van der Waals surface area contributed by atoms with Crippen molar-refractivity contribution in [3.63, 3.8) is 0 Å². The van der Waals surface area contributed by atoms with Crippen molar-refractivity contribution in [3.05, 3.63) is 30.1 Å². The first-order valence-electron chi connectivity index (χ1n) is 6.63. The Morgan fingerprint density at radius 1 is 1.47 bits per heavy atom. The van der Waals surface area contributed by atoms with Crippen LogP contribution in [-0.4, -0.2) is 40.8 Å². The number of hydrogen-bond donors (Lipinski definition) is 1. The smallest absolute Gasteiger partial charge is 0.242 e. The second-order valence-corrected chi connectivity index (χ2v) is 4.73. The highest BCUT2D eigenvalue weighted by Gasteiger charge is 2.31. The zero-order valence-electron chi connectivity index (χ0n) is 11.1. The van der Waals surface area contributed by atoms with Gasteiger partial charge in [-0.2, -0.15) is 0 Å². The third-order valence-electron chi connectivity index (χ3n) is 3.37. The summed E-state index contributed by atoms with van der Waals surface area (Å²) in [5, 5.41) is 2.89. The second kappa shape index (κ2) is 6.31. The standard InChI is InChI=1S/C14H19N3O2/c1-11(18)17-10-4-6-13(17)14(19)16-9-7-12-5-2-3-8-15-12/h2-3,5,8,13H,4,6-7,9-10H2,1H3,(H,16,19). The third-order valence-corrected chi connectivity index (χ3v) is 3.37. The number of nitrogens with one attached hydrogen (secondary N) is 1. The molecule has 1 aliphatic heterocycles. The lowest BCUT2D eigenvalue weighted by atomic mass is 10.2. The number of nitrogens with zero attached hydrogens (tertiary/aromatic N) is 2. The molecular weight excluding hydrogens is 242 g/mol. The molecule has 5 nitrogen and oxygen atoms in total. The fourth-order valence-corrected chi connectivity index (χ4v) is 2.39. The van der Waals surface area contributed by atoms with Gasteiger partial charge in [0.1, 0.15) is 6.04 Å². The summed E-state index contributed by atoms with van der Waals surface area (Å²) in [6.45, 7) is 2.76. The van der Waals surface area contributed by atoms with E-state index in [0.29, 0.717) is 19.5 Å². The Balaban J connectivity index is 1.80. The number of rotatable bonds is 4. The van der Waals surface area contributed by atoms with Gasteiger partial charge in [0.15, 0.2) is 0 Å². The van der Waals surface area contributed by atoms with E-state index in [9.17, 15) is 9.59 Å². The fraction of sp³-hybridized carbons (Fsp3) is 0.500. The zero-order valence-corrected chi connectivity index (χ0v) is 11.1. The summed E-state index contributed by atoms with van der Waals surface area (Å²) < 4.78 is 0. The Bertz CT molecular complexity index is 447. The third kappa shape index (κ3) is 3.53. The van der Waals surface area contributed by atoms with Crippen molar-refractivity contribution in [2.75, 3.05) is 13.1 Å². The number of pyridine rings is 1. The van der Waals surface area contributed by atoms with Crippen molar-refractivity contribution in [3.8, 4) is 0 Å². The van der Waals surface area contributed by atoms with E-state index in [2.05, 4.69) is 10.3 Å². The average molecular weight is 261 g/mol. The molecule has 2 heterocycles. The molecule has 0 bridgehead atoms. The lowest BCUT2D eigenvalue weighted by Gasteiger charge is -2.22. The molecule has 1 saturated heterocycles. The monoisotopic (exact) mass is 261 g/mol. The molecule has 0 radical (unpaired) electrons. The molecule has 0 saturated carbocycles. The van der Waals surface area contributed by atoms with Crippen molar-refractivity contribution in [2.24, 2.45) is 0 Å². The highest BCUT2D eigenvalue weighted by Crippen LogP contribution is 2.17. The molecule has 1 aromatic heterocycles. The van der Waals surface area contributed by atoms with Gasteiger partial charge in [-0.25, -0.2) is 0 Å². The zero-order chi connectivity index (χ0) is 13.7. The van der Waals surface area contributed by atoms with Crippen LogP contribution < -0.4 is 5.32 Å². The van der Waals surface area contributed by atoms with Crippen LogP contribution in [0, 0.1) is 0 Å². The van der Waals surface area contributed by atoms with E-state index >= 15 is 0 Å². The van der Waals surface area contributed by atoms with Crippen LogP contribution in [0.1, 0.15) is 25.5 Å². The molecule has 1 N–H and O–H groups in total. The van der Waals surface area contributed by atoms with Crippen LogP contribution >= 0.6 is 0 Å². The molecule has 1 aromatic rings. The summed E-state index contributed by atoms with van der Waals surface area (Å²) in [5.74, 6) is -0.0778. The van der Waals surface area contributed by atoms with Gasteiger partial charge < -0.3 is 10.2 Å². The normalized spacial score (nSPS) is 18.4. The predicted octanol–water partition coefficient (Wildman–Crippen LogP) is 0.751. The molecule has 102 valence electrons. The van der Waals surface area contributed by atoms with Gasteiger partial charge in [0.2, 0.25) is 11.8 Å². The van der Waals surface area contributed by atoms with Crippen LogP contribution in [0.15, 0.2) is 24.4 Å². The Labute approximate surface area is 113 Å². The minimum atomic E-state index is -0.291. The molecule has 1 atom stereocenters. The predicted molar refractivity (Wildman–Crippen MR) is 71.4 cm³/mol. The van der Waals surface area contributed by atoms with Gasteiger partial charge in [-0.15, -0.1) is 0 Å². The molecule has 0 aliphatic carbocycles. The van der Waals surface area contributed by atoms with E-state index < -0.39 is 0 Å². The van der Waals surface area contributed by atoms with Gasteiger partial charge in [0, 0.05) is 38.3 Å². The van der Waals surface area contributed by atoms with Crippen LogP contribution in [0.25, 0.3) is 0 Å². The number of carbonyl (C=O) groups is 2. The van der Waals surface area contributed by atoms with Crippen LogP contribution in [0.4, 0.5) is 0 Å². The van der Waals surface area contributed by atoms with Crippen LogP contribution in [0.2, 0.25) is 0 Å². The van der Waals surface area contributed by atoms with E-state index in [1.165, 1.54) is 6.92 Å². The van der Waals surface area contributed by atoms with Gasteiger partial charge in [-0.3, -0.25) is 14.6 Å². The average Bonchev–Trinajstić information content (AvgIpc) is 2.89. The molecule has 0 aromatic carbocycles. The molecule has 2 rings (SSSR count). The highest BCUT2D eigenvalue weighted by molar-refractivity contribution is 5.87. The van der Waals surface area contributed by atoms with Crippen LogP contribution in [-0.2, 0) is 16.0 Å². The van der Waals surface area contributed by atoms with Gasteiger partial charge in [0.25, 0.3) is 0 Å². The lowest BCUT2D eigenvalue weighted by Crippen LogP contribution is -2.45. The summed E-state index contributed by atoms with van der Waals surface area (Å²) in [6.07, 6.45) is 4.11. The van der Waals surface area contributed by atoms with Crippen molar-refractivity contribution < 1.29 is 9.59 Å². The van der Waals surface area contributed by atoms with Crippen LogP contribution in [0.3, 0.4) is 0 Å². The number of likely N-dealkylation sites (tertiary alicyclic amines) is 1. The minimum absolute atomic E-state index is 0.0256. The van der Waals surface area contributed by atoms with Gasteiger partial charge in [0.05, 0.1) is 0 Å². The number of hydrogen-bond acceptors (Lipinski definition) is 3. The summed E-state index contributed by atoms with van der Waals surface area (Å²) >= 11 is 0. The largest absolute Gasteiger partial charge is 0.354 e. The van der Waals surface area contributed by atoms with Crippen molar-refractivity contribution >= 4 is 11.8 Å². The van der Waals surface area contributed by atoms with Gasteiger partial charge in [-0.1, -0.05) is 6.07 Å². The first kappa shape index (κ1) is 13.5. The van der Waals surface area contributed by atoms with E-state index in [4.69, 9.17) is 0 Å². The summed E-state index contributed by atoms with van der Waals surface area (Å²) in [5.41, 5.74) is 0.956. The maximum absolute atomic E-state index is 12.0. The summed E-state index contributed by atoms with van der Waals surface area (Å²) in [6, 6.07) is 5.44. The number of amides is 2. The molecule has 0 spiro atoms. The van der Waals surface area contributed by atoms with Crippen molar-refractivity contribution in [1.29, 1.82) is 0 Å². The molecule has 1 unspecified atom stereocenters. The Morgan fingerprint density at radius 2 is 2.32 bits per heavy atom. The Hall–Kier alpha value is -1.91. The van der Waals surface area contributed by atoms with E-state index in [1.54, 1.807) is 11.1 Å². The SMILES string of the molecule is CC(=O)N1CCCC1C(=O)NCCc1ccccn1. The van der Waals surface area contributed by atoms with Gasteiger partial charge >= 0.3 is 0 Å². The molecule has 5 heteroatoms. The quantitative estimate of drug-likeness (QED) is 0.870.